The van der Waals surface area contributed by atoms with Gasteiger partial charge in [-0.1, -0.05) is 25.6 Å². The fourth-order valence-corrected chi connectivity index (χ4v) is 3.07. The monoisotopic (exact) mass is 398 g/mol. The highest BCUT2D eigenvalue weighted by Gasteiger charge is 2.14. The summed E-state index contributed by atoms with van der Waals surface area (Å²) in [7, 11) is 3.21. The van der Waals surface area contributed by atoms with Crippen molar-refractivity contribution in [3.05, 3.63) is 28.0 Å². The number of halogens is 1. The molecule has 0 amide bonds. The molecule has 124 valence electrons. The van der Waals surface area contributed by atoms with Gasteiger partial charge in [0.05, 0.1) is 24.9 Å². The molecule has 6 nitrogen and oxygen atoms in total. The number of benzene rings is 1. The molecule has 2 rings (SSSR count). The molecule has 0 aliphatic carbocycles. The first-order chi connectivity index (χ1) is 11.0. The van der Waals surface area contributed by atoms with Crippen LogP contribution in [-0.4, -0.2) is 41.6 Å². The van der Waals surface area contributed by atoms with Crippen LogP contribution in [0, 0.1) is 0 Å². The topological polar surface area (TPSA) is 61.5 Å². The van der Waals surface area contributed by atoms with Gasteiger partial charge in [-0.15, -0.1) is 10.2 Å². The Morgan fingerprint density at radius 1 is 1.26 bits per heavy atom. The highest BCUT2D eigenvalue weighted by Crippen LogP contribution is 2.35. The van der Waals surface area contributed by atoms with Gasteiger partial charge in [-0.2, -0.15) is 9.78 Å². The number of methoxy groups -OCH3 is 2. The number of aromatic nitrogens is 3. The zero-order valence-corrected chi connectivity index (χ0v) is 16.1. The highest BCUT2D eigenvalue weighted by atomic mass is 79.9. The molecule has 23 heavy (non-hydrogen) atoms. The molecule has 0 unspecified atom stereocenters. The fraction of sp³-hybridized carbons (Fsp3) is 0.400. The van der Waals surface area contributed by atoms with E-state index in [0.29, 0.717) is 11.5 Å². The van der Waals surface area contributed by atoms with Gasteiger partial charge in [0, 0.05) is 5.92 Å². The van der Waals surface area contributed by atoms with Gasteiger partial charge in [0.2, 0.25) is 5.16 Å². The van der Waals surface area contributed by atoms with Crippen molar-refractivity contribution in [2.45, 2.75) is 24.9 Å². The van der Waals surface area contributed by atoms with Gasteiger partial charge in [0.25, 0.3) is 0 Å². The van der Waals surface area contributed by atoms with Crippen LogP contribution in [0.1, 0.15) is 31.2 Å². The molecule has 0 N–H and O–H groups in total. The van der Waals surface area contributed by atoms with E-state index in [9.17, 15) is 0 Å². The predicted octanol–water partition coefficient (Wildman–Crippen LogP) is 3.79. The van der Waals surface area contributed by atoms with Crippen molar-refractivity contribution in [1.82, 2.24) is 14.9 Å². The predicted molar refractivity (Wildman–Crippen MR) is 96.1 cm³/mol. The van der Waals surface area contributed by atoms with Crippen molar-refractivity contribution in [3.8, 4) is 11.5 Å². The Bertz CT molecular complexity index is 716. The molecule has 1 aromatic heterocycles. The maximum Gasteiger partial charge on any atom is 0.211 e. The van der Waals surface area contributed by atoms with Crippen LogP contribution in [0.3, 0.4) is 0 Å². The number of ether oxygens (including phenoxy) is 2. The van der Waals surface area contributed by atoms with E-state index in [4.69, 9.17) is 9.47 Å². The van der Waals surface area contributed by atoms with E-state index in [-0.39, 0.29) is 5.92 Å². The first-order valence-corrected chi connectivity index (χ1v) is 8.98. The Labute approximate surface area is 148 Å². The van der Waals surface area contributed by atoms with E-state index in [0.717, 1.165) is 21.0 Å². The van der Waals surface area contributed by atoms with Crippen molar-refractivity contribution in [3.63, 3.8) is 0 Å². The third-order valence-corrected chi connectivity index (χ3v) is 4.32. The van der Waals surface area contributed by atoms with E-state index >= 15 is 0 Å². The zero-order valence-electron chi connectivity index (χ0n) is 13.7. The normalized spacial score (nSPS) is 11.4. The number of hydrogen-bond donors (Lipinski definition) is 0. The molecule has 0 aliphatic heterocycles. The number of rotatable bonds is 6. The Kier molecular flexibility index (Phi) is 6.06. The summed E-state index contributed by atoms with van der Waals surface area (Å²) in [5.74, 6) is 2.35. The van der Waals surface area contributed by atoms with Gasteiger partial charge in [0.1, 0.15) is 0 Å². The Hall–Kier alpha value is -1.54. The molecular formula is C15H19BrN4O2S. The molecular weight excluding hydrogens is 380 g/mol. The molecule has 0 spiro atoms. The van der Waals surface area contributed by atoms with Crippen LogP contribution in [-0.2, 0) is 0 Å². The molecule has 1 heterocycles. The summed E-state index contributed by atoms with van der Waals surface area (Å²) in [6.07, 6.45) is 3.70. The Morgan fingerprint density at radius 2 is 2.00 bits per heavy atom. The second-order valence-corrected chi connectivity index (χ2v) is 6.62. The minimum atomic E-state index is 0.234. The van der Waals surface area contributed by atoms with Crippen LogP contribution in [0.4, 0.5) is 0 Å². The fourth-order valence-electron chi connectivity index (χ4n) is 2.01. The maximum atomic E-state index is 5.35. The van der Waals surface area contributed by atoms with Gasteiger partial charge >= 0.3 is 0 Å². The van der Waals surface area contributed by atoms with Crippen molar-refractivity contribution >= 4 is 33.9 Å². The average molecular weight is 399 g/mol. The Morgan fingerprint density at radius 3 is 2.57 bits per heavy atom. The van der Waals surface area contributed by atoms with Gasteiger partial charge in [-0.3, -0.25) is 0 Å². The second kappa shape index (κ2) is 7.83. The number of nitrogens with zero attached hydrogens (tertiary/aromatic N) is 4. The summed E-state index contributed by atoms with van der Waals surface area (Å²) in [5, 5.41) is 13.6. The average Bonchev–Trinajstić information content (AvgIpc) is 2.95. The summed E-state index contributed by atoms with van der Waals surface area (Å²) in [5.41, 5.74) is 0.880. The van der Waals surface area contributed by atoms with Crippen LogP contribution < -0.4 is 9.47 Å². The van der Waals surface area contributed by atoms with E-state index in [1.807, 2.05) is 18.4 Å². The Balaban J connectivity index is 2.41. The lowest BCUT2D eigenvalue weighted by molar-refractivity contribution is 0.353. The lowest BCUT2D eigenvalue weighted by atomic mass is 10.2. The van der Waals surface area contributed by atoms with Gasteiger partial charge < -0.3 is 9.47 Å². The minimum absolute atomic E-state index is 0.234. The van der Waals surface area contributed by atoms with Crippen LogP contribution >= 0.6 is 27.7 Å². The smallest absolute Gasteiger partial charge is 0.211 e. The third-order valence-electron chi connectivity index (χ3n) is 3.11. The first-order valence-electron chi connectivity index (χ1n) is 6.97. The van der Waals surface area contributed by atoms with Crippen LogP contribution in [0.2, 0.25) is 0 Å². The summed E-state index contributed by atoms with van der Waals surface area (Å²) in [4.78, 5) is 0. The molecule has 0 saturated heterocycles. The quantitative estimate of drug-likeness (QED) is 0.547. The second-order valence-electron chi connectivity index (χ2n) is 4.99. The first kappa shape index (κ1) is 17.8. The van der Waals surface area contributed by atoms with Gasteiger partial charge in [-0.05, 0) is 39.9 Å². The van der Waals surface area contributed by atoms with E-state index in [2.05, 4.69) is 45.1 Å². The van der Waals surface area contributed by atoms with Crippen LogP contribution in [0.5, 0.6) is 11.5 Å². The van der Waals surface area contributed by atoms with E-state index in [1.165, 1.54) is 11.8 Å². The lowest BCUT2D eigenvalue weighted by Gasteiger charge is -2.10. The lowest BCUT2D eigenvalue weighted by Crippen LogP contribution is -2.02. The van der Waals surface area contributed by atoms with Gasteiger partial charge in [-0.25, -0.2) is 0 Å². The molecule has 1 aromatic carbocycles. The van der Waals surface area contributed by atoms with Gasteiger partial charge in [0.15, 0.2) is 17.3 Å². The maximum absolute atomic E-state index is 5.35. The summed E-state index contributed by atoms with van der Waals surface area (Å²) >= 11 is 4.99. The minimum Gasteiger partial charge on any atom is -0.493 e. The summed E-state index contributed by atoms with van der Waals surface area (Å²) < 4.78 is 13.2. The molecule has 0 bridgehead atoms. The molecule has 0 radical (unpaired) electrons. The van der Waals surface area contributed by atoms with Crippen LogP contribution in [0.15, 0.2) is 26.9 Å². The van der Waals surface area contributed by atoms with Crippen molar-refractivity contribution in [2.75, 3.05) is 20.5 Å². The zero-order chi connectivity index (χ0) is 17.0. The molecule has 0 fully saturated rings. The highest BCUT2D eigenvalue weighted by molar-refractivity contribution is 9.10. The molecule has 0 saturated carbocycles. The molecule has 0 aliphatic rings. The molecule has 2 aromatic rings. The summed E-state index contributed by atoms with van der Waals surface area (Å²) in [6.45, 7) is 4.13. The van der Waals surface area contributed by atoms with E-state index in [1.54, 1.807) is 25.1 Å². The van der Waals surface area contributed by atoms with Crippen molar-refractivity contribution in [2.24, 2.45) is 5.10 Å². The van der Waals surface area contributed by atoms with E-state index < -0.39 is 0 Å². The largest absolute Gasteiger partial charge is 0.493 e. The summed E-state index contributed by atoms with van der Waals surface area (Å²) in [6, 6.07) is 3.79. The number of hydrogen-bond acceptors (Lipinski definition) is 6. The number of thioether (sulfide) groups is 1. The molecule has 0 atom stereocenters. The van der Waals surface area contributed by atoms with Crippen molar-refractivity contribution < 1.29 is 9.47 Å². The molecule has 8 heteroatoms. The third kappa shape index (κ3) is 3.87. The SMILES string of the molecule is COc1cc(/C=N\n2c(SC)nnc2C(C)C)cc(Br)c1OC. The van der Waals surface area contributed by atoms with Crippen molar-refractivity contribution in [1.29, 1.82) is 0 Å². The standard InChI is InChI=1S/C15H19BrN4O2S/c1-9(2)14-18-19-15(23-5)20(14)17-8-10-6-11(16)13(22-4)12(7-10)21-3/h6-9H,1-5H3/b17-8-. The van der Waals surface area contributed by atoms with Crippen LogP contribution in [0.25, 0.3) is 0 Å².